The van der Waals surface area contributed by atoms with E-state index in [0.717, 1.165) is 12.8 Å². The molecule has 0 saturated carbocycles. The van der Waals surface area contributed by atoms with Crippen LogP contribution in [0.2, 0.25) is 5.02 Å². The lowest BCUT2D eigenvalue weighted by molar-refractivity contribution is 0.0666. The molecule has 2 rings (SSSR count). The molecular weight excluding hydrogens is 249 g/mol. The van der Waals surface area contributed by atoms with E-state index >= 15 is 0 Å². The molecule has 0 aliphatic carbocycles. The van der Waals surface area contributed by atoms with E-state index in [9.17, 15) is 0 Å². The lowest BCUT2D eigenvalue weighted by Crippen LogP contribution is -2.45. The number of hydrogen-bond acceptors (Lipinski definition) is 4. The van der Waals surface area contributed by atoms with Crippen molar-refractivity contribution in [1.82, 2.24) is 9.97 Å². The van der Waals surface area contributed by atoms with Gasteiger partial charge in [0.1, 0.15) is 17.2 Å². The second-order valence-electron chi connectivity index (χ2n) is 3.87. The summed E-state index contributed by atoms with van der Waals surface area (Å²) < 4.78 is 5.33. The van der Waals surface area contributed by atoms with Crippen LogP contribution in [0, 0.1) is 0 Å². The van der Waals surface area contributed by atoms with Gasteiger partial charge in [-0.1, -0.05) is 11.6 Å². The number of ether oxygens (including phenoxy) is 1. The van der Waals surface area contributed by atoms with Crippen LogP contribution in [0.25, 0.3) is 0 Å². The molecule has 1 aliphatic heterocycles. The Morgan fingerprint density at radius 1 is 1.44 bits per heavy atom. The fourth-order valence-corrected chi connectivity index (χ4v) is 2.20. The molecule has 1 N–H and O–H groups in total. The van der Waals surface area contributed by atoms with Crippen molar-refractivity contribution in [3.8, 4) is 0 Å². The molecule has 0 unspecified atom stereocenters. The molecule has 1 saturated heterocycles. The molecule has 16 heavy (non-hydrogen) atoms. The second-order valence-corrected chi connectivity index (χ2v) is 4.55. The van der Waals surface area contributed by atoms with Crippen LogP contribution in [0.15, 0.2) is 12.5 Å². The second kappa shape index (κ2) is 5.17. The smallest absolute Gasteiger partial charge is 0.148 e. The monoisotopic (exact) mass is 261 g/mol. The summed E-state index contributed by atoms with van der Waals surface area (Å²) in [5, 5.41) is 3.83. The Kier molecular flexibility index (Phi) is 3.84. The maximum atomic E-state index is 6.03. The highest BCUT2D eigenvalue weighted by atomic mass is 35.5. The summed E-state index contributed by atoms with van der Waals surface area (Å²) in [6.45, 7) is 1.42. The van der Waals surface area contributed by atoms with Gasteiger partial charge in [-0.3, -0.25) is 0 Å². The SMILES string of the molecule is ClCC1(Nc2ncncc2Cl)CCOCC1. The highest BCUT2D eigenvalue weighted by Crippen LogP contribution is 2.29. The van der Waals surface area contributed by atoms with Gasteiger partial charge >= 0.3 is 0 Å². The Morgan fingerprint density at radius 3 is 2.81 bits per heavy atom. The van der Waals surface area contributed by atoms with Gasteiger partial charge in [0, 0.05) is 19.1 Å². The summed E-state index contributed by atoms with van der Waals surface area (Å²) in [6, 6.07) is 0. The number of halogens is 2. The van der Waals surface area contributed by atoms with Gasteiger partial charge in [-0.25, -0.2) is 9.97 Å². The largest absolute Gasteiger partial charge is 0.381 e. The highest BCUT2D eigenvalue weighted by molar-refractivity contribution is 6.32. The van der Waals surface area contributed by atoms with E-state index in [0.29, 0.717) is 29.9 Å². The van der Waals surface area contributed by atoms with Gasteiger partial charge in [0.25, 0.3) is 0 Å². The van der Waals surface area contributed by atoms with Crippen LogP contribution in [-0.4, -0.2) is 34.6 Å². The summed E-state index contributed by atoms with van der Waals surface area (Å²) in [5.41, 5.74) is -0.169. The number of alkyl halides is 1. The Labute approximate surface area is 104 Å². The average Bonchev–Trinajstić information content (AvgIpc) is 2.33. The molecule has 0 amide bonds. The minimum Gasteiger partial charge on any atom is -0.381 e. The third-order valence-electron chi connectivity index (χ3n) is 2.76. The zero-order chi connectivity index (χ0) is 11.4. The van der Waals surface area contributed by atoms with Crippen molar-refractivity contribution in [3.05, 3.63) is 17.5 Å². The number of hydrogen-bond donors (Lipinski definition) is 1. The molecule has 1 aromatic rings. The van der Waals surface area contributed by atoms with Gasteiger partial charge < -0.3 is 10.1 Å². The Balaban J connectivity index is 2.15. The quantitative estimate of drug-likeness (QED) is 0.849. The third kappa shape index (κ3) is 2.56. The number of rotatable bonds is 3. The molecular formula is C10H13Cl2N3O. The van der Waals surface area contributed by atoms with Gasteiger partial charge in [0.05, 0.1) is 11.7 Å². The standard InChI is InChI=1S/C10H13Cl2N3O/c11-6-10(1-3-16-4-2-10)15-9-8(12)5-13-7-14-9/h5,7H,1-4,6H2,(H,13,14,15). The van der Waals surface area contributed by atoms with Crippen molar-refractivity contribution in [2.45, 2.75) is 18.4 Å². The Bertz CT molecular complexity index is 356. The highest BCUT2D eigenvalue weighted by Gasteiger charge is 2.32. The van der Waals surface area contributed by atoms with Crippen molar-refractivity contribution >= 4 is 29.0 Å². The first-order valence-corrected chi connectivity index (χ1v) is 6.04. The Hall–Kier alpha value is -0.580. The lowest BCUT2D eigenvalue weighted by atomic mass is 9.92. The number of aromatic nitrogens is 2. The number of anilines is 1. The zero-order valence-electron chi connectivity index (χ0n) is 8.75. The van der Waals surface area contributed by atoms with Gasteiger partial charge in [-0.2, -0.15) is 0 Å². The van der Waals surface area contributed by atoms with Crippen molar-refractivity contribution in [3.63, 3.8) is 0 Å². The van der Waals surface area contributed by atoms with E-state index in [2.05, 4.69) is 15.3 Å². The molecule has 1 aliphatic rings. The predicted molar refractivity (Wildman–Crippen MR) is 64.2 cm³/mol. The van der Waals surface area contributed by atoms with Gasteiger partial charge in [0.15, 0.2) is 0 Å². The van der Waals surface area contributed by atoms with Crippen LogP contribution in [0.3, 0.4) is 0 Å². The van der Waals surface area contributed by atoms with Gasteiger partial charge in [-0.05, 0) is 12.8 Å². The first kappa shape index (κ1) is 11.9. The first-order valence-electron chi connectivity index (χ1n) is 5.13. The predicted octanol–water partition coefficient (Wildman–Crippen LogP) is 2.33. The molecule has 0 spiro atoms. The maximum Gasteiger partial charge on any atom is 0.148 e. The topological polar surface area (TPSA) is 47.0 Å². The molecule has 1 aromatic heterocycles. The third-order valence-corrected chi connectivity index (χ3v) is 3.55. The van der Waals surface area contributed by atoms with Crippen LogP contribution in [0.5, 0.6) is 0 Å². The summed E-state index contributed by atoms with van der Waals surface area (Å²) in [7, 11) is 0. The summed E-state index contributed by atoms with van der Waals surface area (Å²) in [4.78, 5) is 7.96. The van der Waals surface area contributed by atoms with E-state index < -0.39 is 0 Å². The zero-order valence-corrected chi connectivity index (χ0v) is 10.3. The molecule has 0 atom stereocenters. The molecule has 1 fully saturated rings. The molecule has 0 radical (unpaired) electrons. The van der Waals surface area contributed by atoms with Crippen LogP contribution < -0.4 is 5.32 Å². The average molecular weight is 262 g/mol. The molecule has 88 valence electrons. The molecule has 4 nitrogen and oxygen atoms in total. The molecule has 0 aromatic carbocycles. The van der Waals surface area contributed by atoms with Crippen LogP contribution in [0.1, 0.15) is 12.8 Å². The van der Waals surface area contributed by atoms with Crippen molar-refractivity contribution < 1.29 is 4.74 Å². The number of nitrogens with zero attached hydrogens (tertiary/aromatic N) is 2. The van der Waals surface area contributed by atoms with E-state index in [1.54, 1.807) is 6.20 Å². The normalized spacial score (nSPS) is 19.4. The van der Waals surface area contributed by atoms with Crippen molar-refractivity contribution in [1.29, 1.82) is 0 Å². The van der Waals surface area contributed by atoms with Crippen molar-refractivity contribution in [2.75, 3.05) is 24.4 Å². The summed E-state index contributed by atoms with van der Waals surface area (Å²) in [5.74, 6) is 1.15. The van der Waals surface area contributed by atoms with Gasteiger partial charge in [-0.15, -0.1) is 11.6 Å². The minimum absolute atomic E-state index is 0.169. The fourth-order valence-electron chi connectivity index (χ4n) is 1.71. The maximum absolute atomic E-state index is 6.03. The van der Waals surface area contributed by atoms with Crippen molar-refractivity contribution in [2.24, 2.45) is 0 Å². The van der Waals surface area contributed by atoms with Gasteiger partial charge in [0.2, 0.25) is 0 Å². The fraction of sp³-hybridized carbons (Fsp3) is 0.600. The minimum atomic E-state index is -0.169. The van der Waals surface area contributed by atoms with Crippen LogP contribution in [-0.2, 0) is 4.74 Å². The Morgan fingerprint density at radius 2 is 2.19 bits per heavy atom. The summed E-state index contributed by atoms with van der Waals surface area (Å²) >= 11 is 12.0. The summed E-state index contributed by atoms with van der Waals surface area (Å²) in [6.07, 6.45) is 4.75. The van der Waals surface area contributed by atoms with E-state index in [1.165, 1.54) is 6.33 Å². The first-order chi connectivity index (χ1) is 7.76. The number of nitrogens with one attached hydrogen (secondary N) is 1. The molecule has 0 bridgehead atoms. The van der Waals surface area contributed by atoms with E-state index in [4.69, 9.17) is 27.9 Å². The lowest BCUT2D eigenvalue weighted by Gasteiger charge is -2.36. The van der Waals surface area contributed by atoms with Crippen LogP contribution >= 0.6 is 23.2 Å². The van der Waals surface area contributed by atoms with Crippen LogP contribution in [0.4, 0.5) is 5.82 Å². The van der Waals surface area contributed by atoms with E-state index in [1.807, 2.05) is 0 Å². The van der Waals surface area contributed by atoms with E-state index in [-0.39, 0.29) is 5.54 Å². The molecule has 2 heterocycles. The molecule has 6 heteroatoms.